The number of carbonyl (C=O) groups excluding carboxylic acids is 2. The van der Waals surface area contributed by atoms with Crippen LogP contribution in [0, 0.1) is 0 Å². The van der Waals surface area contributed by atoms with E-state index in [4.69, 9.17) is 0 Å². The SMILES string of the molecule is O=C(NC1CCCN(c2ccc(OC(F)F)cc2)C1=O)C(F)F. The Morgan fingerprint density at radius 1 is 1.22 bits per heavy atom. The monoisotopic (exact) mass is 334 g/mol. The van der Waals surface area contributed by atoms with Crippen molar-refractivity contribution >= 4 is 17.5 Å². The van der Waals surface area contributed by atoms with Gasteiger partial charge in [0.1, 0.15) is 11.8 Å². The summed E-state index contributed by atoms with van der Waals surface area (Å²) >= 11 is 0. The number of ether oxygens (including phenoxy) is 1. The predicted octanol–water partition coefficient (Wildman–Crippen LogP) is 2.16. The van der Waals surface area contributed by atoms with Gasteiger partial charge in [-0.25, -0.2) is 0 Å². The van der Waals surface area contributed by atoms with Crippen LogP contribution < -0.4 is 15.0 Å². The summed E-state index contributed by atoms with van der Waals surface area (Å²) in [5, 5.41) is 2.00. The largest absolute Gasteiger partial charge is 0.435 e. The summed E-state index contributed by atoms with van der Waals surface area (Å²) < 4.78 is 52.9. The molecule has 1 aliphatic heterocycles. The number of piperidine rings is 1. The number of nitrogens with one attached hydrogen (secondary N) is 1. The van der Waals surface area contributed by atoms with E-state index in [0.29, 0.717) is 18.7 Å². The van der Waals surface area contributed by atoms with Crippen molar-refractivity contribution in [3.63, 3.8) is 0 Å². The highest BCUT2D eigenvalue weighted by Crippen LogP contribution is 2.24. The number of anilines is 1. The van der Waals surface area contributed by atoms with E-state index < -0.39 is 30.9 Å². The lowest BCUT2D eigenvalue weighted by molar-refractivity contribution is -0.135. The zero-order valence-corrected chi connectivity index (χ0v) is 11.8. The Morgan fingerprint density at radius 3 is 2.43 bits per heavy atom. The highest BCUT2D eigenvalue weighted by Gasteiger charge is 2.32. The number of benzene rings is 1. The fraction of sp³-hybridized carbons (Fsp3) is 0.429. The fourth-order valence-electron chi connectivity index (χ4n) is 2.31. The third-order valence-corrected chi connectivity index (χ3v) is 3.33. The minimum atomic E-state index is -3.19. The Bertz CT molecular complexity index is 566. The number of hydrogen-bond donors (Lipinski definition) is 1. The van der Waals surface area contributed by atoms with Crippen molar-refractivity contribution in [3.05, 3.63) is 24.3 Å². The normalized spacial score (nSPS) is 18.4. The standard InChI is InChI=1S/C14H14F4N2O3/c15-11(16)12(21)19-10-2-1-7-20(13(10)22)8-3-5-9(6-4-8)23-14(17)18/h3-6,10-11,14H,1-2,7H2,(H,19,21). The van der Waals surface area contributed by atoms with Crippen LogP contribution >= 0.6 is 0 Å². The number of hydrogen-bond acceptors (Lipinski definition) is 3. The molecule has 2 rings (SSSR count). The summed E-state index contributed by atoms with van der Waals surface area (Å²) in [5.74, 6) is -2.07. The lowest BCUT2D eigenvalue weighted by Crippen LogP contribution is -2.53. The van der Waals surface area contributed by atoms with Crippen molar-refractivity contribution in [2.45, 2.75) is 31.9 Å². The van der Waals surface area contributed by atoms with Crippen molar-refractivity contribution in [1.82, 2.24) is 5.32 Å². The van der Waals surface area contributed by atoms with Gasteiger partial charge in [0.2, 0.25) is 5.91 Å². The van der Waals surface area contributed by atoms with Gasteiger partial charge in [0.15, 0.2) is 0 Å². The van der Waals surface area contributed by atoms with E-state index in [2.05, 4.69) is 4.74 Å². The van der Waals surface area contributed by atoms with E-state index in [0.717, 1.165) is 0 Å². The first kappa shape index (κ1) is 17.0. The maximum absolute atomic E-state index is 12.3. The van der Waals surface area contributed by atoms with E-state index >= 15 is 0 Å². The van der Waals surface area contributed by atoms with Gasteiger partial charge in [0.25, 0.3) is 5.91 Å². The van der Waals surface area contributed by atoms with E-state index in [1.165, 1.54) is 29.2 Å². The van der Waals surface area contributed by atoms with Crippen LogP contribution in [0.1, 0.15) is 12.8 Å². The van der Waals surface area contributed by atoms with Crippen molar-refractivity contribution < 1.29 is 31.9 Å². The van der Waals surface area contributed by atoms with Crippen LogP contribution in [0.3, 0.4) is 0 Å². The van der Waals surface area contributed by atoms with Gasteiger partial charge in [-0.15, -0.1) is 0 Å². The van der Waals surface area contributed by atoms with Crippen LogP contribution in [0.15, 0.2) is 24.3 Å². The van der Waals surface area contributed by atoms with E-state index in [1.807, 2.05) is 5.32 Å². The number of halogens is 4. The van der Waals surface area contributed by atoms with Crippen LogP contribution in [0.2, 0.25) is 0 Å². The number of alkyl halides is 4. The topological polar surface area (TPSA) is 58.6 Å². The van der Waals surface area contributed by atoms with Gasteiger partial charge in [0.05, 0.1) is 0 Å². The number of amides is 2. The molecule has 0 bridgehead atoms. The molecule has 1 saturated heterocycles. The average molecular weight is 334 g/mol. The maximum Gasteiger partial charge on any atom is 0.387 e. The molecule has 9 heteroatoms. The van der Waals surface area contributed by atoms with Crippen molar-refractivity contribution in [2.24, 2.45) is 0 Å². The van der Waals surface area contributed by atoms with Gasteiger partial charge in [0, 0.05) is 12.2 Å². The first-order chi connectivity index (χ1) is 10.9. The molecule has 126 valence electrons. The predicted molar refractivity (Wildman–Crippen MR) is 72.6 cm³/mol. The van der Waals surface area contributed by atoms with Gasteiger partial charge in [-0.2, -0.15) is 17.6 Å². The van der Waals surface area contributed by atoms with Crippen LogP contribution in [0.5, 0.6) is 5.75 Å². The molecule has 5 nitrogen and oxygen atoms in total. The van der Waals surface area contributed by atoms with Crippen molar-refractivity contribution in [1.29, 1.82) is 0 Å². The quantitative estimate of drug-likeness (QED) is 0.840. The molecule has 1 fully saturated rings. The molecule has 1 unspecified atom stereocenters. The summed E-state index contributed by atoms with van der Waals surface area (Å²) in [6.45, 7) is -2.61. The fourth-order valence-corrected chi connectivity index (χ4v) is 2.31. The third-order valence-electron chi connectivity index (χ3n) is 3.33. The van der Waals surface area contributed by atoms with Crippen molar-refractivity contribution in [3.8, 4) is 5.75 Å². The van der Waals surface area contributed by atoms with Crippen LogP contribution in [-0.2, 0) is 9.59 Å². The summed E-state index contributed by atoms with van der Waals surface area (Å²) in [6, 6.07) is 4.34. The molecule has 2 amide bonds. The van der Waals surface area contributed by atoms with E-state index in [-0.39, 0.29) is 12.2 Å². The molecule has 0 saturated carbocycles. The van der Waals surface area contributed by atoms with E-state index in [1.54, 1.807) is 0 Å². The highest BCUT2D eigenvalue weighted by molar-refractivity contribution is 6.00. The van der Waals surface area contributed by atoms with Gasteiger partial charge in [-0.3, -0.25) is 9.59 Å². The van der Waals surface area contributed by atoms with Gasteiger partial charge >= 0.3 is 13.0 Å². The Kier molecular flexibility index (Phi) is 5.41. The Labute approximate surface area is 129 Å². The Morgan fingerprint density at radius 2 is 1.87 bits per heavy atom. The molecule has 1 aromatic carbocycles. The molecule has 1 aliphatic rings. The second-order valence-corrected chi connectivity index (χ2v) is 4.87. The molecule has 1 heterocycles. The average Bonchev–Trinajstić information content (AvgIpc) is 2.49. The second kappa shape index (κ2) is 7.30. The Hall–Kier alpha value is -2.32. The Balaban J connectivity index is 2.07. The molecule has 1 atom stereocenters. The lowest BCUT2D eigenvalue weighted by atomic mass is 10.0. The minimum Gasteiger partial charge on any atom is -0.435 e. The molecule has 0 aromatic heterocycles. The van der Waals surface area contributed by atoms with Gasteiger partial charge < -0.3 is 15.0 Å². The van der Waals surface area contributed by atoms with Gasteiger partial charge in [-0.05, 0) is 37.1 Å². The van der Waals surface area contributed by atoms with Crippen LogP contribution in [0.4, 0.5) is 23.2 Å². The smallest absolute Gasteiger partial charge is 0.387 e. The molecule has 0 radical (unpaired) electrons. The molecule has 1 aromatic rings. The summed E-state index contributed by atoms with van der Waals surface area (Å²) in [4.78, 5) is 24.6. The summed E-state index contributed by atoms with van der Waals surface area (Å²) in [6.07, 6.45) is -2.42. The lowest BCUT2D eigenvalue weighted by Gasteiger charge is -2.32. The number of nitrogens with zero attached hydrogens (tertiary/aromatic N) is 1. The summed E-state index contributed by atoms with van der Waals surface area (Å²) in [7, 11) is 0. The van der Waals surface area contributed by atoms with Crippen LogP contribution in [0.25, 0.3) is 0 Å². The first-order valence-corrected chi connectivity index (χ1v) is 6.83. The molecular weight excluding hydrogens is 320 g/mol. The zero-order valence-electron chi connectivity index (χ0n) is 11.8. The van der Waals surface area contributed by atoms with E-state index in [9.17, 15) is 27.2 Å². The third kappa shape index (κ3) is 4.33. The summed E-state index contributed by atoms with van der Waals surface area (Å²) in [5.41, 5.74) is 0.410. The minimum absolute atomic E-state index is 0.0595. The second-order valence-electron chi connectivity index (χ2n) is 4.87. The first-order valence-electron chi connectivity index (χ1n) is 6.83. The zero-order chi connectivity index (χ0) is 17.0. The number of carbonyl (C=O) groups is 2. The van der Waals surface area contributed by atoms with Gasteiger partial charge in [-0.1, -0.05) is 0 Å². The molecule has 0 aliphatic carbocycles. The molecule has 1 N–H and O–H groups in total. The maximum atomic E-state index is 12.3. The van der Waals surface area contributed by atoms with Crippen molar-refractivity contribution in [2.75, 3.05) is 11.4 Å². The highest BCUT2D eigenvalue weighted by atomic mass is 19.3. The van der Waals surface area contributed by atoms with Crippen LogP contribution in [-0.4, -0.2) is 37.4 Å². The number of rotatable bonds is 5. The molecular formula is C14H14F4N2O3. The molecule has 23 heavy (non-hydrogen) atoms. The molecule has 0 spiro atoms.